The summed E-state index contributed by atoms with van der Waals surface area (Å²) in [4.78, 5) is 17.1. The molecule has 5 heterocycles. The molecule has 4 saturated heterocycles. The molecule has 25 heavy (non-hydrogen) atoms. The van der Waals surface area contributed by atoms with E-state index in [1.165, 1.54) is 35.1 Å². The maximum atomic E-state index is 13.0. The molecule has 0 aromatic heterocycles. The summed E-state index contributed by atoms with van der Waals surface area (Å²) in [5.74, 6) is 0. The Labute approximate surface area is 149 Å². The highest BCUT2D eigenvalue weighted by molar-refractivity contribution is 5.75. The second-order valence-electron chi connectivity index (χ2n) is 8.12. The number of fused-ring (bicyclic) bond motifs is 3. The molecule has 1 aromatic carbocycles. The fourth-order valence-corrected chi connectivity index (χ4v) is 5.00. The molecule has 2 unspecified atom stereocenters. The third-order valence-electron chi connectivity index (χ3n) is 6.26. The number of hydrogen-bond donors (Lipinski definition) is 1. The van der Waals surface area contributed by atoms with Crippen LogP contribution in [0.5, 0.6) is 0 Å². The second kappa shape index (κ2) is 5.99. The Bertz CT molecular complexity index is 682. The number of morpholine rings is 1. The van der Waals surface area contributed by atoms with Crippen LogP contribution in [0.4, 0.5) is 4.79 Å². The minimum absolute atomic E-state index is 0.203. The lowest BCUT2D eigenvalue weighted by atomic mass is 9.89. The number of urea groups is 1. The molecule has 0 saturated carbocycles. The van der Waals surface area contributed by atoms with E-state index in [4.69, 9.17) is 4.74 Å². The number of benzene rings is 1. The number of nitrogens with zero attached hydrogens (tertiary/aromatic N) is 2. The van der Waals surface area contributed by atoms with Crippen LogP contribution < -0.4 is 5.32 Å². The molecule has 1 N–H and O–H groups in total. The number of carbonyl (C=O) groups is 1. The molecule has 1 aromatic rings. The van der Waals surface area contributed by atoms with E-state index in [9.17, 15) is 4.79 Å². The van der Waals surface area contributed by atoms with Crippen molar-refractivity contribution in [3.8, 4) is 0 Å². The zero-order chi connectivity index (χ0) is 17.0. The third kappa shape index (κ3) is 2.74. The molecule has 2 bridgehead atoms. The summed E-state index contributed by atoms with van der Waals surface area (Å²) in [6.07, 6.45) is 5.10. The topological polar surface area (TPSA) is 44.8 Å². The van der Waals surface area contributed by atoms with Crippen LogP contribution >= 0.6 is 0 Å². The van der Waals surface area contributed by atoms with Crippen molar-refractivity contribution in [2.24, 2.45) is 0 Å². The van der Waals surface area contributed by atoms with Crippen molar-refractivity contribution >= 4 is 6.03 Å². The third-order valence-corrected chi connectivity index (χ3v) is 6.26. The van der Waals surface area contributed by atoms with Crippen LogP contribution in [0.2, 0.25) is 0 Å². The summed E-state index contributed by atoms with van der Waals surface area (Å²) in [5, 5.41) is 3.64. The van der Waals surface area contributed by atoms with Gasteiger partial charge in [0.15, 0.2) is 0 Å². The van der Waals surface area contributed by atoms with Crippen molar-refractivity contribution in [2.45, 2.75) is 57.4 Å². The van der Waals surface area contributed by atoms with Gasteiger partial charge >= 0.3 is 6.03 Å². The van der Waals surface area contributed by atoms with E-state index in [0.717, 1.165) is 45.6 Å². The fraction of sp³-hybridized carbons (Fsp3) is 0.650. The first-order valence-electron chi connectivity index (χ1n) is 9.72. The first-order valence-corrected chi connectivity index (χ1v) is 9.72. The quantitative estimate of drug-likeness (QED) is 0.853. The highest BCUT2D eigenvalue weighted by Gasteiger charge is 2.41. The Kier molecular flexibility index (Phi) is 3.75. The monoisotopic (exact) mass is 341 g/mol. The predicted molar refractivity (Wildman–Crippen MR) is 95.5 cm³/mol. The SMILES string of the molecule is Cc1cc2c(c([C@@H]3CCCN3)c1)CN(C(=O)N1CC3CC(C1)O3)CC2. The average Bonchev–Trinajstić information content (AvgIpc) is 3.14. The van der Waals surface area contributed by atoms with Crippen LogP contribution in [0, 0.1) is 6.92 Å². The summed E-state index contributed by atoms with van der Waals surface area (Å²) < 4.78 is 5.68. The number of piperidine rings is 1. The molecule has 0 aliphatic carbocycles. The van der Waals surface area contributed by atoms with E-state index >= 15 is 0 Å². The van der Waals surface area contributed by atoms with Gasteiger partial charge in [-0.1, -0.05) is 17.7 Å². The number of ether oxygens (including phenoxy) is 1. The highest BCUT2D eigenvalue weighted by Crippen LogP contribution is 2.34. The van der Waals surface area contributed by atoms with Gasteiger partial charge in [0.2, 0.25) is 0 Å². The Morgan fingerprint density at radius 1 is 1.24 bits per heavy atom. The van der Waals surface area contributed by atoms with Gasteiger partial charge in [-0.3, -0.25) is 0 Å². The summed E-state index contributed by atoms with van der Waals surface area (Å²) in [7, 11) is 0. The smallest absolute Gasteiger partial charge is 0.320 e. The lowest BCUT2D eigenvalue weighted by Gasteiger charge is -2.48. The van der Waals surface area contributed by atoms with Gasteiger partial charge in [0.1, 0.15) is 0 Å². The van der Waals surface area contributed by atoms with Crippen molar-refractivity contribution in [3.63, 3.8) is 0 Å². The molecule has 5 aliphatic heterocycles. The minimum Gasteiger partial charge on any atom is -0.371 e. The molecule has 5 nitrogen and oxygen atoms in total. The normalized spacial score (nSPS) is 30.8. The molecule has 4 fully saturated rings. The van der Waals surface area contributed by atoms with Gasteiger partial charge in [-0.2, -0.15) is 0 Å². The number of hydrogen-bond acceptors (Lipinski definition) is 3. The van der Waals surface area contributed by atoms with Gasteiger partial charge in [0.05, 0.1) is 12.2 Å². The van der Waals surface area contributed by atoms with Crippen molar-refractivity contribution in [1.29, 1.82) is 0 Å². The summed E-state index contributed by atoms with van der Waals surface area (Å²) >= 11 is 0. The van der Waals surface area contributed by atoms with E-state index in [2.05, 4.69) is 29.3 Å². The highest BCUT2D eigenvalue weighted by atomic mass is 16.5. The number of aryl methyl sites for hydroxylation is 1. The molecule has 2 amide bonds. The number of carbonyl (C=O) groups excluding carboxylic acids is 1. The van der Waals surface area contributed by atoms with Crippen molar-refractivity contribution in [2.75, 3.05) is 26.2 Å². The standard InChI is InChI=1S/C20H27N3O2/c1-13-7-14-4-6-22(20(24)23-10-15-9-16(11-23)25-15)12-18(14)17(8-13)19-3-2-5-21-19/h7-8,15-16,19,21H,2-6,9-12H2,1H3/t15?,16?,19-/m0/s1. The van der Waals surface area contributed by atoms with Gasteiger partial charge in [-0.15, -0.1) is 0 Å². The molecule has 134 valence electrons. The first-order chi connectivity index (χ1) is 12.2. The molecule has 5 heteroatoms. The van der Waals surface area contributed by atoms with Crippen molar-refractivity contribution < 1.29 is 9.53 Å². The second-order valence-corrected chi connectivity index (χ2v) is 8.12. The van der Waals surface area contributed by atoms with E-state index < -0.39 is 0 Å². The summed E-state index contributed by atoms with van der Waals surface area (Å²) in [6, 6.07) is 5.31. The number of rotatable bonds is 1. The van der Waals surface area contributed by atoms with Gasteiger partial charge < -0.3 is 19.9 Å². The molecule has 0 radical (unpaired) electrons. The Hall–Kier alpha value is -1.59. The maximum Gasteiger partial charge on any atom is 0.320 e. The lowest BCUT2D eigenvalue weighted by Crippen LogP contribution is -2.61. The van der Waals surface area contributed by atoms with Crippen LogP contribution in [0.25, 0.3) is 0 Å². The van der Waals surface area contributed by atoms with Crippen LogP contribution in [-0.2, 0) is 17.7 Å². The molecule has 5 aliphatic rings. The lowest BCUT2D eigenvalue weighted by molar-refractivity contribution is -0.172. The first kappa shape index (κ1) is 15.6. The molecular weight excluding hydrogens is 314 g/mol. The largest absolute Gasteiger partial charge is 0.371 e. The van der Waals surface area contributed by atoms with E-state index in [1.54, 1.807) is 0 Å². The molecule has 6 rings (SSSR count). The number of amides is 2. The van der Waals surface area contributed by atoms with Crippen molar-refractivity contribution in [1.82, 2.24) is 15.1 Å². The maximum absolute atomic E-state index is 13.0. The van der Waals surface area contributed by atoms with Crippen LogP contribution in [0.3, 0.4) is 0 Å². The Morgan fingerprint density at radius 3 is 2.76 bits per heavy atom. The van der Waals surface area contributed by atoms with Gasteiger partial charge in [0, 0.05) is 38.6 Å². The molecule has 3 atom stereocenters. The van der Waals surface area contributed by atoms with E-state index in [0.29, 0.717) is 6.04 Å². The van der Waals surface area contributed by atoms with Crippen molar-refractivity contribution in [3.05, 3.63) is 34.4 Å². The van der Waals surface area contributed by atoms with Crippen LogP contribution in [0.1, 0.15) is 47.6 Å². The van der Waals surface area contributed by atoms with Crippen LogP contribution in [-0.4, -0.2) is 54.2 Å². The predicted octanol–water partition coefficient (Wildman–Crippen LogP) is 2.37. The Balaban J connectivity index is 1.38. The van der Waals surface area contributed by atoms with E-state index in [1.807, 2.05) is 4.90 Å². The van der Waals surface area contributed by atoms with Gasteiger partial charge in [-0.25, -0.2) is 4.79 Å². The summed E-state index contributed by atoms with van der Waals surface area (Å²) in [6.45, 7) is 6.42. The molecule has 0 spiro atoms. The van der Waals surface area contributed by atoms with Gasteiger partial charge in [0.25, 0.3) is 0 Å². The van der Waals surface area contributed by atoms with E-state index in [-0.39, 0.29) is 18.2 Å². The summed E-state index contributed by atoms with van der Waals surface area (Å²) in [5.41, 5.74) is 5.60. The number of nitrogens with one attached hydrogen (secondary N) is 1. The molecular formula is C20H27N3O2. The minimum atomic E-state index is 0.203. The zero-order valence-electron chi connectivity index (χ0n) is 15.0. The Morgan fingerprint density at radius 2 is 2.04 bits per heavy atom. The zero-order valence-corrected chi connectivity index (χ0v) is 15.0. The van der Waals surface area contributed by atoms with Gasteiger partial charge in [-0.05, 0) is 49.4 Å². The van der Waals surface area contributed by atoms with Crippen LogP contribution in [0.15, 0.2) is 12.1 Å². The average molecular weight is 341 g/mol. The fourth-order valence-electron chi connectivity index (χ4n) is 5.00.